The average Bonchev–Trinajstić information content (AvgIpc) is 2.29. The predicted octanol–water partition coefficient (Wildman–Crippen LogP) is 5.38. The molecule has 102 valence electrons. The van der Waals surface area contributed by atoms with E-state index in [9.17, 15) is 0 Å². The highest BCUT2D eigenvalue weighted by molar-refractivity contribution is 5.58. The second-order valence-corrected chi connectivity index (χ2v) is 5.67. The van der Waals surface area contributed by atoms with E-state index < -0.39 is 0 Å². The van der Waals surface area contributed by atoms with Gasteiger partial charge in [-0.25, -0.2) is 0 Å². The van der Waals surface area contributed by atoms with Gasteiger partial charge in [0.1, 0.15) is 0 Å². The molecule has 1 atom stereocenters. The number of hydrogen-bond donors (Lipinski definition) is 1. The van der Waals surface area contributed by atoms with Crippen LogP contribution in [0.25, 0.3) is 0 Å². The van der Waals surface area contributed by atoms with Crippen LogP contribution in [0.4, 0.5) is 5.69 Å². The molecule has 1 N–H and O–H groups in total. The SMILES string of the molecule is CCCCCCC(C)Nc1c(C)cc(C)cc1C. The van der Waals surface area contributed by atoms with Crippen LogP contribution in [0, 0.1) is 20.8 Å². The molecule has 0 radical (unpaired) electrons. The number of unbranched alkanes of at least 4 members (excludes halogenated alkanes) is 3. The monoisotopic (exact) mass is 247 g/mol. The van der Waals surface area contributed by atoms with Crippen LogP contribution >= 0.6 is 0 Å². The molecule has 1 aromatic rings. The molecule has 0 aromatic heterocycles. The Morgan fingerprint density at radius 3 is 2.17 bits per heavy atom. The van der Waals surface area contributed by atoms with Gasteiger partial charge in [0.2, 0.25) is 0 Å². The van der Waals surface area contributed by atoms with Crippen LogP contribution in [-0.2, 0) is 0 Å². The fourth-order valence-electron chi connectivity index (χ4n) is 2.60. The van der Waals surface area contributed by atoms with Gasteiger partial charge >= 0.3 is 0 Å². The minimum atomic E-state index is 0.571. The molecule has 1 nitrogen and oxygen atoms in total. The first-order valence-corrected chi connectivity index (χ1v) is 7.39. The molecule has 1 aromatic carbocycles. The van der Waals surface area contributed by atoms with Crippen LogP contribution < -0.4 is 5.32 Å². The van der Waals surface area contributed by atoms with E-state index in [1.165, 1.54) is 54.5 Å². The van der Waals surface area contributed by atoms with Crippen molar-refractivity contribution in [1.29, 1.82) is 0 Å². The fraction of sp³-hybridized carbons (Fsp3) is 0.647. The van der Waals surface area contributed by atoms with Crippen molar-refractivity contribution in [3.8, 4) is 0 Å². The van der Waals surface area contributed by atoms with E-state index in [0.717, 1.165) is 0 Å². The maximum atomic E-state index is 3.68. The highest BCUT2D eigenvalue weighted by Gasteiger charge is 2.07. The highest BCUT2D eigenvalue weighted by atomic mass is 14.9. The molecule has 0 spiro atoms. The van der Waals surface area contributed by atoms with Gasteiger partial charge in [-0.1, -0.05) is 50.3 Å². The minimum Gasteiger partial charge on any atom is -0.382 e. The van der Waals surface area contributed by atoms with Crippen molar-refractivity contribution >= 4 is 5.69 Å². The van der Waals surface area contributed by atoms with Crippen LogP contribution in [0.1, 0.15) is 62.6 Å². The second-order valence-electron chi connectivity index (χ2n) is 5.67. The van der Waals surface area contributed by atoms with Gasteiger partial charge in [0.15, 0.2) is 0 Å². The summed E-state index contributed by atoms with van der Waals surface area (Å²) in [4.78, 5) is 0. The van der Waals surface area contributed by atoms with Gasteiger partial charge in [0.25, 0.3) is 0 Å². The predicted molar refractivity (Wildman–Crippen MR) is 82.5 cm³/mol. The number of nitrogens with one attached hydrogen (secondary N) is 1. The lowest BCUT2D eigenvalue weighted by molar-refractivity contribution is 0.593. The molecular weight excluding hydrogens is 218 g/mol. The minimum absolute atomic E-state index is 0.571. The molecule has 0 fully saturated rings. The summed E-state index contributed by atoms with van der Waals surface area (Å²) >= 11 is 0. The number of benzene rings is 1. The van der Waals surface area contributed by atoms with Gasteiger partial charge in [-0.3, -0.25) is 0 Å². The van der Waals surface area contributed by atoms with E-state index in [1.54, 1.807) is 0 Å². The zero-order valence-electron chi connectivity index (χ0n) is 12.8. The Hall–Kier alpha value is -0.980. The van der Waals surface area contributed by atoms with E-state index in [-0.39, 0.29) is 0 Å². The zero-order valence-corrected chi connectivity index (χ0v) is 12.8. The van der Waals surface area contributed by atoms with Crippen LogP contribution in [-0.4, -0.2) is 6.04 Å². The van der Waals surface area contributed by atoms with E-state index in [0.29, 0.717) is 6.04 Å². The average molecular weight is 247 g/mol. The van der Waals surface area contributed by atoms with Crippen LogP contribution in [0.5, 0.6) is 0 Å². The molecular formula is C17H29N. The normalized spacial score (nSPS) is 12.5. The van der Waals surface area contributed by atoms with Crippen LogP contribution in [0.2, 0.25) is 0 Å². The summed E-state index contributed by atoms with van der Waals surface area (Å²) in [7, 11) is 0. The lowest BCUT2D eigenvalue weighted by Crippen LogP contribution is -2.16. The van der Waals surface area contributed by atoms with E-state index in [1.807, 2.05) is 0 Å². The summed E-state index contributed by atoms with van der Waals surface area (Å²) in [6.45, 7) is 11.1. The smallest absolute Gasteiger partial charge is 0.0401 e. The summed E-state index contributed by atoms with van der Waals surface area (Å²) in [6.07, 6.45) is 6.67. The Bertz CT molecular complexity index is 345. The molecule has 0 saturated carbocycles. The molecule has 0 aliphatic carbocycles. The van der Waals surface area contributed by atoms with Gasteiger partial charge in [0.05, 0.1) is 0 Å². The molecule has 1 unspecified atom stereocenters. The number of hydrogen-bond acceptors (Lipinski definition) is 1. The van der Waals surface area contributed by atoms with E-state index in [2.05, 4.69) is 52.1 Å². The Labute approximate surface area is 113 Å². The van der Waals surface area contributed by atoms with Crippen molar-refractivity contribution in [2.24, 2.45) is 0 Å². The standard InChI is InChI=1S/C17H29N/c1-6-7-8-9-10-16(5)18-17-14(3)11-13(2)12-15(17)4/h11-12,16,18H,6-10H2,1-5H3. The summed E-state index contributed by atoms with van der Waals surface area (Å²) < 4.78 is 0. The maximum absolute atomic E-state index is 3.68. The molecule has 1 rings (SSSR count). The topological polar surface area (TPSA) is 12.0 Å². The number of aryl methyl sites for hydroxylation is 3. The fourth-order valence-corrected chi connectivity index (χ4v) is 2.60. The van der Waals surface area contributed by atoms with Gasteiger partial charge in [0, 0.05) is 11.7 Å². The Kier molecular flexibility index (Phi) is 6.24. The van der Waals surface area contributed by atoms with Gasteiger partial charge in [-0.05, 0) is 45.2 Å². The van der Waals surface area contributed by atoms with Crippen molar-refractivity contribution < 1.29 is 0 Å². The molecule has 0 aliphatic rings. The molecule has 18 heavy (non-hydrogen) atoms. The van der Waals surface area contributed by atoms with Gasteiger partial charge in [-0.15, -0.1) is 0 Å². The highest BCUT2D eigenvalue weighted by Crippen LogP contribution is 2.23. The molecule has 0 saturated heterocycles. The molecule has 1 heteroatoms. The Balaban J connectivity index is 2.51. The largest absolute Gasteiger partial charge is 0.382 e. The lowest BCUT2D eigenvalue weighted by Gasteiger charge is -2.19. The van der Waals surface area contributed by atoms with Gasteiger partial charge < -0.3 is 5.32 Å². The van der Waals surface area contributed by atoms with Crippen molar-refractivity contribution in [1.82, 2.24) is 0 Å². The van der Waals surface area contributed by atoms with Crippen LogP contribution in [0.15, 0.2) is 12.1 Å². The third-order valence-electron chi connectivity index (χ3n) is 3.56. The molecule has 0 aliphatic heterocycles. The summed E-state index contributed by atoms with van der Waals surface area (Å²) in [6, 6.07) is 5.10. The Morgan fingerprint density at radius 2 is 1.61 bits per heavy atom. The quantitative estimate of drug-likeness (QED) is 0.638. The molecule has 0 heterocycles. The van der Waals surface area contributed by atoms with Crippen molar-refractivity contribution in [3.63, 3.8) is 0 Å². The first kappa shape index (κ1) is 15.1. The van der Waals surface area contributed by atoms with Crippen LogP contribution in [0.3, 0.4) is 0 Å². The molecule has 0 bridgehead atoms. The van der Waals surface area contributed by atoms with Crippen molar-refractivity contribution in [2.45, 2.75) is 72.8 Å². The van der Waals surface area contributed by atoms with E-state index in [4.69, 9.17) is 0 Å². The third kappa shape index (κ3) is 4.72. The summed E-state index contributed by atoms with van der Waals surface area (Å²) in [5.74, 6) is 0. The first-order valence-electron chi connectivity index (χ1n) is 7.39. The summed E-state index contributed by atoms with van der Waals surface area (Å²) in [5.41, 5.74) is 5.43. The maximum Gasteiger partial charge on any atom is 0.0401 e. The number of anilines is 1. The van der Waals surface area contributed by atoms with Crippen molar-refractivity contribution in [2.75, 3.05) is 5.32 Å². The third-order valence-corrected chi connectivity index (χ3v) is 3.56. The second kappa shape index (κ2) is 7.45. The summed E-state index contributed by atoms with van der Waals surface area (Å²) in [5, 5.41) is 3.68. The Morgan fingerprint density at radius 1 is 1.00 bits per heavy atom. The van der Waals surface area contributed by atoms with Gasteiger partial charge in [-0.2, -0.15) is 0 Å². The first-order chi connectivity index (χ1) is 8.54. The molecule has 0 amide bonds. The lowest BCUT2D eigenvalue weighted by atomic mass is 10.0. The zero-order chi connectivity index (χ0) is 13.5. The van der Waals surface area contributed by atoms with Crippen molar-refractivity contribution in [3.05, 3.63) is 28.8 Å². The van der Waals surface area contributed by atoms with E-state index >= 15 is 0 Å². The number of rotatable bonds is 7.